The highest BCUT2D eigenvalue weighted by Crippen LogP contribution is 2.25. The van der Waals surface area contributed by atoms with Gasteiger partial charge in [0.05, 0.1) is 16.8 Å². The van der Waals surface area contributed by atoms with Crippen LogP contribution in [0.2, 0.25) is 0 Å². The van der Waals surface area contributed by atoms with Crippen LogP contribution in [0.3, 0.4) is 0 Å². The third kappa shape index (κ3) is 3.45. The molecule has 0 spiro atoms. The molecule has 0 saturated carbocycles. The molecule has 0 aliphatic heterocycles. The SMILES string of the molecule is COCCn1c(=NC(=O)c2cc3c(ccc4ccccc43)oc2=O)sc2cccc(C)c21. The molecule has 3 aromatic carbocycles. The van der Waals surface area contributed by atoms with Crippen molar-refractivity contribution < 1.29 is 13.9 Å². The van der Waals surface area contributed by atoms with E-state index in [4.69, 9.17) is 9.15 Å². The van der Waals surface area contributed by atoms with Crippen LogP contribution in [-0.2, 0) is 11.3 Å². The highest BCUT2D eigenvalue weighted by atomic mass is 32.1. The summed E-state index contributed by atoms with van der Waals surface area (Å²) in [6.07, 6.45) is 0. The normalized spacial score (nSPS) is 12.2. The number of rotatable bonds is 4. The molecule has 0 fully saturated rings. The Morgan fingerprint density at radius 1 is 1.09 bits per heavy atom. The summed E-state index contributed by atoms with van der Waals surface area (Å²) in [7, 11) is 1.63. The predicted molar refractivity (Wildman–Crippen MR) is 126 cm³/mol. The molecule has 0 radical (unpaired) electrons. The summed E-state index contributed by atoms with van der Waals surface area (Å²) in [4.78, 5) is 30.6. The smallest absolute Gasteiger partial charge is 0.349 e. The van der Waals surface area contributed by atoms with Gasteiger partial charge in [0, 0.05) is 19.0 Å². The summed E-state index contributed by atoms with van der Waals surface area (Å²) < 4.78 is 13.7. The molecule has 7 heteroatoms. The zero-order valence-electron chi connectivity index (χ0n) is 17.6. The molecular weight excluding hydrogens is 424 g/mol. The number of nitrogens with zero attached hydrogens (tertiary/aromatic N) is 2. The molecule has 5 rings (SSSR count). The molecule has 1 amide bonds. The maximum absolute atomic E-state index is 13.1. The van der Waals surface area contributed by atoms with Gasteiger partial charge in [-0.3, -0.25) is 4.79 Å². The Hall–Kier alpha value is -3.55. The number of hydrogen-bond donors (Lipinski definition) is 0. The zero-order chi connectivity index (χ0) is 22.2. The number of fused-ring (bicyclic) bond motifs is 4. The lowest BCUT2D eigenvalue weighted by molar-refractivity contribution is 0.0994. The van der Waals surface area contributed by atoms with Crippen LogP contribution in [0.1, 0.15) is 15.9 Å². The number of aryl methyl sites for hydroxylation is 1. The molecule has 0 aliphatic rings. The predicted octanol–water partition coefficient (Wildman–Crippen LogP) is 4.66. The van der Waals surface area contributed by atoms with E-state index in [9.17, 15) is 9.59 Å². The Kier molecular flexibility index (Phi) is 5.20. The molecule has 0 atom stereocenters. The molecule has 32 heavy (non-hydrogen) atoms. The van der Waals surface area contributed by atoms with E-state index in [0.717, 1.165) is 26.6 Å². The average Bonchev–Trinajstić information content (AvgIpc) is 3.15. The highest BCUT2D eigenvalue weighted by molar-refractivity contribution is 7.16. The number of benzene rings is 3. The van der Waals surface area contributed by atoms with E-state index in [1.165, 1.54) is 11.3 Å². The number of thiazole rings is 1. The van der Waals surface area contributed by atoms with Gasteiger partial charge in [0.1, 0.15) is 11.1 Å². The monoisotopic (exact) mass is 444 g/mol. The number of hydrogen-bond acceptors (Lipinski definition) is 5. The summed E-state index contributed by atoms with van der Waals surface area (Å²) in [5.41, 5.74) is 1.76. The Bertz CT molecular complexity index is 1620. The van der Waals surface area contributed by atoms with Gasteiger partial charge in [-0.05, 0) is 41.5 Å². The number of methoxy groups -OCH3 is 1. The lowest BCUT2D eigenvalue weighted by Crippen LogP contribution is -2.21. The second kappa shape index (κ2) is 8.18. The molecule has 0 bridgehead atoms. The number of ether oxygens (including phenoxy) is 1. The molecule has 0 aliphatic carbocycles. The van der Waals surface area contributed by atoms with Crippen molar-refractivity contribution in [1.82, 2.24) is 4.57 Å². The van der Waals surface area contributed by atoms with Crippen LogP contribution in [0.4, 0.5) is 0 Å². The second-order valence-electron chi connectivity index (χ2n) is 7.51. The van der Waals surface area contributed by atoms with Gasteiger partial charge in [0.15, 0.2) is 4.80 Å². The maximum Gasteiger partial charge on any atom is 0.349 e. The summed E-state index contributed by atoms with van der Waals surface area (Å²) in [5, 5.41) is 2.62. The van der Waals surface area contributed by atoms with E-state index in [1.54, 1.807) is 19.2 Å². The molecule has 0 unspecified atom stereocenters. The first kappa shape index (κ1) is 20.4. The minimum absolute atomic E-state index is 0.0821. The van der Waals surface area contributed by atoms with Crippen molar-refractivity contribution in [2.75, 3.05) is 13.7 Å². The largest absolute Gasteiger partial charge is 0.422 e. The highest BCUT2D eigenvalue weighted by Gasteiger charge is 2.16. The van der Waals surface area contributed by atoms with Crippen LogP contribution in [0.25, 0.3) is 32.0 Å². The fourth-order valence-electron chi connectivity index (χ4n) is 3.95. The number of amides is 1. The Labute approximate surface area is 187 Å². The summed E-state index contributed by atoms with van der Waals surface area (Å²) in [6.45, 7) is 3.04. The van der Waals surface area contributed by atoms with Gasteiger partial charge in [-0.1, -0.05) is 53.8 Å². The van der Waals surface area contributed by atoms with Crippen molar-refractivity contribution >= 4 is 49.2 Å². The van der Waals surface area contributed by atoms with E-state index in [-0.39, 0.29) is 5.56 Å². The van der Waals surface area contributed by atoms with Gasteiger partial charge in [0.25, 0.3) is 5.91 Å². The first-order valence-electron chi connectivity index (χ1n) is 10.2. The number of para-hydroxylation sites is 1. The Morgan fingerprint density at radius 3 is 2.78 bits per heavy atom. The molecule has 0 saturated heterocycles. The van der Waals surface area contributed by atoms with Crippen LogP contribution in [0, 0.1) is 6.92 Å². The van der Waals surface area contributed by atoms with Crippen molar-refractivity contribution in [2.24, 2.45) is 4.99 Å². The van der Waals surface area contributed by atoms with Crippen LogP contribution >= 0.6 is 11.3 Å². The zero-order valence-corrected chi connectivity index (χ0v) is 18.4. The fraction of sp³-hybridized carbons (Fsp3) is 0.160. The van der Waals surface area contributed by atoms with Crippen LogP contribution < -0.4 is 10.4 Å². The first-order valence-corrected chi connectivity index (χ1v) is 11.0. The average molecular weight is 445 g/mol. The van der Waals surface area contributed by atoms with Crippen molar-refractivity contribution in [1.29, 1.82) is 0 Å². The van der Waals surface area contributed by atoms with Gasteiger partial charge in [-0.15, -0.1) is 0 Å². The van der Waals surface area contributed by atoms with E-state index in [1.807, 2.05) is 60.0 Å². The Morgan fingerprint density at radius 2 is 1.94 bits per heavy atom. The first-order chi connectivity index (χ1) is 15.6. The Balaban J connectivity index is 1.70. The molecular formula is C25H20N2O4S. The molecule has 2 heterocycles. The lowest BCUT2D eigenvalue weighted by Gasteiger charge is -2.06. The van der Waals surface area contributed by atoms with Crippen molar-refractivity contribution in [3.8, 4) is 0 Å². The second-order valence-corrected chi connectivity index (χ2v) is 8.52. The van der Waals surface area contributed by atoms with Gasteiger partial charge >= 0.3 is 5.63 Å². The number of aromatic nitrogens is 1. The maximum atomic E-state index is 13.1. The molecule has 6 nitrogen and oxygen atoms in total. The molecule has 5 aromatic rings. The van der Waals surface area contributed by atoms with E-state index in [2.05, 4.69) is 4.99 Å². The lowest BCUT2D eigenvalue weighted by atomic mass is 10.0. The van der Waals surface area contributed by atoms with Crippen LogP contribution in [0.5, 0.6) is 0 Å². The fourth-order valence-corrected chi connectivity index (χ4v) is 5.08. The number of carbonyl (C=O) groups is 1. The summed E-state index contributed by atoms with van der Waals surface area (Å²) in [6, 6.07) is 19.0. The van der Waals surface area contributed by atoms with Gasteiger partial charge in [-0.2, -0.15) is 4.99 Å². The van der Waals surface area contributed by atoms with Crippen molar-refractivity contribution in [2.45, 2.75) is 13.5 Å². The topological polar surface area (TPSA) is 73.8 Å². The minimum Gasteiger partial charge on any atom is -0.422 e. The van der Waals surface area contributed by atoms with Gasteiger partial charge in [-0.25, -0.2) is 4.79 Å². The number of carbonyl (C=O) groups excluding carboxylic acids is 1. The quantitative estimate of drug-likeness (QED) is 0.299. The van der Waals surface area contributed by atoms with Crippen LogP contribution in [-0.4, -0.2) is 24.2 Å². The van der Waals surface area contributed by atoms with Crippen LogP contribution in [0.15, 0.2) is 74.9 Å². The minimum atomic E-state index is -0.692. The van der Waals surface area contributed by atoms with E-state index >= 15 is 0 Å². The standard InChI is InChI=1S/C25H20N2O4S/c1-15-6-5-9-21-22(15)27(12-13-30-2)25(32-21)26-23(28)19-14-18-17-8-4-3-7-16(17)10-11-20(18)31-24(19)29/h3-11,14H,12-13H2,1-2H3. The van der Waals surface area contributed by atoms with Gasteiger partial charge < -0.3 is 13.7 Å². The summed E-state index contributed by atoms with van der Waals surface area (Å²) >= 11 is 1.41. The van der Waals surface area contributed by atoms with E-state index in [0.29, 0.717) is 28.9 Å². The third-order valence-electron chi connectivity index (χ3n) is 5.49. The summed E-state index contributed by atoms with van der Waals surface area (Å²) in [5.74, 6) is -0.621. The molecule has 160 valence electrons. The molecule has 2 aromatic heterocycles. The van der Waals surface area contributed by atoms with Crippen molar-refractivity contribution in [3.05, 3.63) is 87.0 Å². The van der Waals surface area contributed by atoms with Crippen molar-refractivity contribution in [3.63, 3.8) is 0 Å². The van der Waals surface area contributed by atoms with Gasteiger partial charge in [0.2, 0.25) is 0 Å². The third-order valence-corrected chi connectivity index (χ3v) is 6.53. The molecule has 0 N–H and O–H groups in total. The van der Waals surface area contributed by atoms with E-state index < -0.39 is 11.5 Å².